The molecule has 0 fully saturated rings. The predicted molar refractivity (Wildman–Crippen MR) is 128 cm³/mol. The lowest BCUT2D eigenvalue weighted by molar-refractivity contribution is 0.102. The SMILES string of the molecule is Nc1nc(-c2cc(-c3ccon3)n(Cc3ccccc3F)n2)ncc1NC(=O)c1ccc(Cl)cc1. The van der Waals surface area contributed by atoms with Crippen LogP contribution in [0.5, 0.6) is 0 Å². The highest BCUT2D eigenvalue weighted by atomic mass is 35.5. The first kappa shape index (κ1) is 22.2. The monoisotopic (exact) mass is 489 g/mol. The van der Waals surface area contributed by atoms with Gasteiger partial charge in [0.05, 0.1) is 18.4 Å². The Morgan fingerprint density at radius 1 is 1.11 bits per heavy atom. The number of carbonyl (C=O) groups excluding carboxylic acids is 1. The molecule has 0 atom stereocenters. The van der Waals surface area contributed by atoms with Gasteiger partial charge < -0.3 is 15.6 Å². The van der Waals surface area contributed by atoms with Gasteiger partial charge in [0.15, 0.2) is 11.6 Å². The van der Waals surface area contributed by atoms with Gasteiger partial charge >= 0.3 is 0 Å². The van der Waals surface area contributed by atoms with E-state index >= 15 is 0 Å². The Morgan fingerprint density at radius 2 is 1.91 bits per heavy atom. The van der Waals surface area contributed by atoms with E-state index in [0.29, 0.717) is 33.2 Å². The van der Waals surface area contributed by atoms with Gasteiger partial charge in [-0.15, -0.1) is 0 Å². The Hall–Kier alpha value is -4.57. The number of anilines is 2. The minimum atomic E-state index is -0.382. The maximum Gasteiger partial charge on any atom is 0.255 e. The quantitative estimate of drug-likeness (QED) is 0.355. The van der Waals surface area contributed by atoms with E-state index in [4.69, 9.17) is 21.9 Å². The van der Waals surface area contributed by atoms with E-state index in [1.165, 1.54) is 18.5 Å². The largest absolute Gasteiger partial charge is 0.382 e. The fourth-order valence-corrected chi connectivity index (χ4v) is 3.52. The number of hydrogen-bond donors (Lipinski definition) is 2. The average molecular weight is 490 g/mol. The molecular weight excluding hydrogens is 473 g/mol. The van der Waals surface area contributed by atoms with E-state index in [1.54, 1.807) is 59.3 Å². The topological polar surface area (TPSA) is 125 Å². The first-order valence-corrected chi connectivity index (χ1v) is 10.8. The highest BCUT2D eigenvalue weighted by molar-refractivity contribution is 6.30. The van der Waals surface area contributed by atoms with Crippen molar-refractivity contribution >= 4 is 29.0 Å². The Labute approximate surface area is 203 Å². The van der Waals surface area contributed by atoms with Gasteiger partial charge in [-0.05, 0) is 36.4 Å². The van der Waals surface area contributed by atoms with Crippen LogP contribution >= 0.6 is 11.6 Å². The van der Waals surface area contributed by atoms with Gasteiger partial charge in [0.25, 0.3) is 5.91 Å². The highest BCUT2D eigenvalue weighted by Gasteiger charge is 2.18. The van der Waals surface area contributed by atoms with Crippen LogP contribution in [0.1, 0.15) is 15.9 Å². The summed E-state index contributed by atoms with van der Waals surface area (Å²) in [7, 11) is 0. The number of carbonyl (C=O) groups is 1. The normalized spacial score (nSPS) is 10.9. The lowest BCUT2D eigenvalue weighted by atomic mass is 10.2. The second kappa shape index (κ2) is 9.35. The third-order valence-corrected chi connectivity index (χ3v) is 5.41. The summed E-state index contributed by atoms with van der Waals surface area (Å²) in [5, 5.41) is 11.7. The molecule has 0 aliphatic rings. The first-order valence-electron chi connectivity index (χ1n) is 10.4. The van der Waals surface area contributed by atoms with Crippen molar-refractivity contribution < 1.29 is 13.7 Å². The number of hydrogen-bond acceptors (Lipinski definition) is 7. The van der Waals surface area contributed by atoms with Crippen LogP contribution in [0, 0.1) is 5.82 Å². The van der Waals surface area contributed by atoms with E-state index in [9.17, 15) is 9.18 Å². The van der Waals surface area contributed by atoms with Gasteiger partial charge in [0.1, 0.15) is 29.2 Å². The van der Waals surface area contributed by atoms with Crippen LogP contribution in [-0.4, -0.2) is 30.8 Å². The minimum absolute atomic E-state index is 0.0592. The summed E-state index contributed by atoms with van der Waals surface area (Å²) in [6, 6.07) is 16.2. The zero-order valence-electron chi connectivity index (χ0n) is 18.0. The smallest absolute Gasteiger partial charge is 0.255 e. The highest BCUT2D eigenvalue weighted by Crippen LogP contribution is 2.26. The van der Waals surface area contributed by atoms with Gasteiger partial charge in [0.2, 0.25) is 0 Å². The van der Waals surface area contributed by atoms with Crippen molar-refractivity contribution in [1.29, 1.82) is 0 Å². The summed E-state index contributed by atoms with van der Waals surface area (Å²) in [6.07, 6.45) is 2.83. The molecule has 5 rings (SSSR count). The van der Waals surface area contributed by atoms with E-state index in [1.807, 2.05) is 0 Å². The molecule has 0 radical (unpaired) electrons. The molecule has 35 heavy (non-hydrogen) atoms. The first-order chi connectivity index (χ1) is 17.0. The molecule has 0 spiro atoms. The van der Waals surface area contributed by atoms with Crippen LogP contribution in [0.4, 0.5) is 15.9 Å². The zero-order valence-corrected chi connectivity index (χ0v) is 18.8. The van der Waals surface area contributed by atoms with Crippen molar-refractivity contribution in [3.05, 3.63) is 95.1 Å². The second-order valence-corrected chi connectivity index (χ2v) is 7.94. The van der Waals surface area contributed by atoms with E-state index < -0.39 is 0 Å². The van der Waals surface area contributed by atoms with Crippen molar-refractivity contribution in [2.24, 2.45) is 0 Å². The van der Waals surface area contributed by atoms with E-state index in [2.05, 4.69) is 25.5 Å². The fourth-order valence-electron chi connectivity index (χ4n) is 3.40. The van der Waals surface area contributed by atoms with E-state index in [0.717, 1.165) is 0 Å². The third-order valence-electron chi connectivity index (χ3n) is 5.16. The molecule has 5 aromatic rings. The number of nitrogens with zero attached hydrogens (tertiary/aromatic N) is 5. The lowest BCUT2D eigenvalue weighted by Crippen LogP contribution is -2.14. The standard InChI is InChI=1S/C24H17ClFN7O2/c25-16-7-5-14(6-8-16)24(34)29-20-12-28-23(30-22(20)27)19-11-21(18-9-10-35-32-18)33(31-19)13-15-3-1-2-4-17(15)26/h1-12H,13H2,(H,29,34)(H2,27,28,30). The number of rotatable bonds is 6. The fraction of sp³-hybridized carbons (Fsp3) is 0.0417. The van der Waals surface area contributed by atoms with Gasteiger partial charge in [-0.25, -0.2) is 14.4 Å². The third kappa shape index (κ3) is 4.73. The Kier molecular flexibility index (Phi) is 5.94. The van der Waals surface area contributed by atoms with Gasteiger partial charge in [-0.2, -0.15) is 5.10 Å². The van der Waals surface area contributed by atoms with Gasteiger partial charge in [0, 0.05) is 22.2 Å². The number of aromatic nitrogens is 5. The molecule has 3 heterocycles. The van der Waals surface area contributed by atoms with Crippen LogP contribution < -0.4 is 11.1 Å². The maximum absolute atomic E-state index is 14.3. The Morgan fingerprint density at radius 3 is 2.63 bits per heavy atom. The molecule has 0 unspecified atom stereocenters. The Balaban J connectivity index is 1.44. The molecule has 3 N–H and O–H groups in total. The van der Waals surface area contributed by atoms with Crippen molar-refractivity contribution in [2.75, 3.05) is 11.1 Å². The summed E-state index contributed by atoms with van der Waals surface area (Å²) < 4.78 is 20.8. The average Bonchev–Trinajstić information content (AvgIpc) is 3.52. The number of halogens is 2. The summed E-state index contributed by atoms with van der Waals surface area (Å²) >= 11 is 5.87. The molecule has 174 valence electrons. The minimum Gasteiger partial charge on any atom is -0.382 e. The van der Waals surface area contributed by atoms with E-state index in [-0.39, 0.29) is 35.6 Å². The van der Waals surface area contributed by atoms with Crippen molar-refractivity contribution in [2.45, 2.75) is 6.54 Å². The second-order valence-electron chi connectivity index (χ2n) is 7.50. The zero-order chi connectivity index (χ0) is 24.4. The summed E-state index contributed by atoms with van der Waals surface area (Å²) in [5.74, 6) is -0.447. The van der Waals surface area contributed by atoms with Crippen LogP contribution in [-0.2, 0) is 6.54 Å². The van der Waals surface area contributed by atoms with Crippen LogP contribution in [0.2, 0.25) is 5.02 Å². The number of nitrogens with one attached hydrogen (secondary N) is 1. The van der Waals surface area contributed by atoms with Crippen molar-refractivity contribution in [3.63, 3.8) is 0 Å². The summed E-state index contributed by atoms with van der Waals surface area (Å²) in [5.41, 5.74) is 8.68. The number of benzene rings is 2. The molecule has 3 aromatic heterocycles. The number of nitrogen functional groups attached to an aromatic ring is 1. The van der Waals surface area contributed by atoms with Crippen molar-refractivity contribution in [3.8, 4) is 22.9 Å². The molecule has 9 nitrogen and oxygen atoms in total. The van der Waals surface area contributed by atoms with Crippen LogP contribution in [0.3, 0.4) is 0 Å². The molecule has 0 saturated carbocycles. The van der Waals surface area contributed by atoms with Crippen LogP contribution in [0.25, 0.3) is 22.9 Å². The molecular formula is C24H17ClFN7O2. The molecule has 0 saturated heterocycles. The molecule has 1 amide bonds. The summed E-state index contributed by atoms with van der Waals surface area (Å²) in [4.78, 5) is 21.1. The number of amides is 1. The van der Waals surface area contributed by atoms with Gasteiger partial charge in [-0.1, -0.05) is 35.0 Å². The molecule has 11 heteroatoms. The Bertz CT molecular complexity index is 1500. The molecule has 0 aliphatic heterocycles. The predicted octanol–water partition coefficient (Wildman–Crippen LogP) is 4.67. The molecule has 0 aliphatic carbocycles. The van der Waals surface area contributed by atoms with Crippen LogP contribution in [0.15, 0.2) is 77.6 Å². The van der Waals surface area contributed by atoms with Crippen molar-refractivity contribution in [1.82, 2.24) is 24.9 Å². The molecule has 0 bridgehead atoms. The number of nitrogens with two attached hydrogens (primary N) is 1. The summed E-state index contributed by atoms with van der Waals surface area (Å²) in [6.45, 7) is 0.152. The molecule has 2 aromatic carbocycles. The maximum atomic E-state index is 14.3. The lowest BCUT2D eigenvalue weighted by Gasteiger charge is -2.08. The van der Waals surface area contributed by atoms with Gasteiger partial charge in [-0.3, -0.25) is 9.48 Å².